The highest BCUT2D eigenvalue weighted by Gasteiger charge is 2.32. The van der Waals surface area contributed by atoms with Gasteiger partial charge in [0.25, 0.3) is 0 Å². The van der Waals surface area contributed by atoms with Gasteiger partial charge >= 0.3 is 12.3 Å². The average Bonchev–Trinajstić information content (AvgIpc) is 2.92. The van der Waals surface area contributed by atoms with Gasteiger partial charge in [-0.2, -0.15) is 8.78 Å². The van der Waals surface area contributed by atoms with Crippen LogP contribution in [0, 0.1) is 6.92 Å². The fourth-order valence-electron chi connectivity index (χ4n) is 2.41. The van der Waals surface area contributed by atoms with Gasteiger partial charge in [-0.05, 0) is 31.2 Å². The molecule has 0 N–H and O–H groups in total. The summed E-state index contributed by atoms with van der Waals surface area (Å²) in [6.45, 7) is 2.25. The molecule has 0 saturated carbocycles. The topological polar surface area (TPSA) is 52.3 Å². The van der Waals surface area contributed by atoms with Gasteiger partial charge in [0.05, 0.1) is 11.9 Å². The highest BCUT2D eigenvalue weighted by molar-refractivity contribution is 5.64. The Balaban J connectivity index is 2.06. The first-order valence-corrected chi connectivity index (χ1v) is 7.01. The zero-order chi connectivity index (χ0) is 18.4. The second-order valence-electron chi connectivity index (χ2n) is 5.37. The van der Waals surface area contributed by atoms with Crippen molar-refractivity contribution in [3.05, 3.63) is 42.0 Å². The summed E-state index contributed by atoms with van der Waals surface area (Å²) >= 11 is 0. The molecule has 0 bridgehead atoms. The van der Waals surface area contributed by atoms with Crippen LogP contribution >= 0.6 is 0 Å². The first-order chi connectivity index (χ1) is 11.6. The Kier molecular flexibility index (Phi) is 3.85. The number of fused-ring (bicyclic) bond motifs is 1. The van der Waals surface area contributed by atoms with Crippen LogP contribution in [0.4, 0.5) is 22.0 Å². The van der Waals surface area contributed by atoms with Crippen molar-refractivity contribution >= 4 is 5.65 Å². The van der Waals surface area contributed by atoms with E-state index in [0.717, 1.165) is 12.1 Å². The molecule has 132 valence electrons. The third-order valence-electron chi connectivity index (χ3n) is 3.43. The summed E-state index contributed by atoms with van der Waals surface area (Å²) in [7, 11) is 0. The van der Waals surface area contributed by atoms with Crippen LogP contribution in [0.2, 0.25) is 0 Å². The number of nitrogens with zero attached hydrogens (tertiary/aromatic N) is 4. The van der Waals surface area contributed by atoms with E-state index in [1.165, 1.54) is 22.7 Å². The Morgan fingerprint density at radius 3 is 2.20 bits per heavy atom. The molecule has 2 aromatic heterocycles. The van der Waals surface area contributed by atoms with E-state index >= 15 is 0 Å². The Morgan fingerprint density at radius 1 is 1.00 bits per heavy atom. The fourth-order valence-corrected chi connectivity index (χ4v) is 2.41. The second kappa shape index (κ2) is 5.64. The van der Waals surface area contributed by atoms with Crippen molar-refractivity contribution < 1.29 is 26.7 Å². The molecule has 1 aromatic carbocycles. The minimum absolute atomic E-state index is 0.148. The van der Waals surface area contributed by atoms with Crippen molar-refractivity contribution in [1.82, 2.24) is 19.6 Å². The molecular formula is C15H11F5N4O. The minimum atomic E-state index is -4.79. The minimum Gasteiger partial charge on any atom is -0.406 e. The molecule has 5 nitrogen and oxygen atoms in total. The van der Waals surface area contributed by atoms with Crippen molar-refractivity contribution in [3.63, 3.8) is 0 Å². The molecular weight excluding hydrogens is 347 g/mol. The largest absolute Gasteiger partial charge is 0.573 e. The maximum Gasteiger partial charge on any atom is 0.573 e. The van der Waals surface area contributed by atoms with Crippen LogP contribution in [-0.4, -0.2) is 25.9 Å². The zero-order valence-electron chi connectivity index (χ0n) is 13.0. The lowest BCUT2D eigenvalue weighted by molar-refractivity contribution is -0.274. The highest BCUT2D eigenvalue weighted by Crippen LogP contribution is 2.30. The number of alkyl halides is 5. The standard InChI is InChI=1S/C15H11F5N4O/c1-8-12(9-3-5-10(6-4-9)25-15(18,19)20)21-7-11-22-23-13(24(8)11)14(2,16)17/h3-7H,1-2H3. The molecule has 0 unspecified atom stereocenters. The van der Waals surface area contributed by atoms with Crippen molar-refractivity contribution in [3.8, 4) is 17.0 Å². The summed E-state index contributed by atoms with van der Waals surface area (Å²) in [5, 5.41) is 7.16. The van der Waals surface area contributed by atoms with Gasteiger partial charge in [-0.1, -0.05) is 0 Å². The number of aromatic nitrogens is 4. The fraction of sp³-hybridized carbons (Fsp3) is 0.267. The van der Waals surface area contributed by atoms with Crippen LogP contribution in [0.15, 0.2) is 30.5 Å². The van der Waals surface area contributed by atoms with E-state index in [2.05, 4.69) is 19.9 Å². The van der Waals surface area contributed by atoms with Gasteiger partial charge in [0.1, 0.15) is 5.75 Å². The van der Waals surface area contributed by atoms with Crippen LogP contribution < -0.4 is 4.74 Å². The third kappa shape index (κ3) is 3.37. The molecule has 0 aliphatic heterocycles. The SMILES string of the molecule is Cc1c(-c2ccc(OC(F)(F)F)cc2)ncc2nnc(C(C)(F)F)n12. The molecule has 3 rings (SSSR count). The molecule has 25 heavy (non-hydrogen) atoms. The number of ether oxygens (including phenoxy) is 1. The predicted octanol–water partition coefficient (Wildman–Crippen LogP) is 4.11. The van der Waals surface area contributed by atoms with Gasteiger partial charge in [-0.15, -0.1) is 23.4 Å². The van der Waals surface area contributed by atoms with Gasteiger partial charge in [0, 0.05) is 18.2 Å². The summed E-state index contributed by atoms with van der Waals surface area (Å²) < 4.78 is 68.9. The Labute approximate surface area is 138 Å². The lowest BCUT2D eigenvalue weighted by Gasteiger charge is -2.13. The summed E-state index contributed by atoms with van der Waals surface area (Å²) in [5.74, 6) is -4.14. The molecule has 0 radical (unpaired) electrons. The summed E-state index contributed by atoms with van der Waals surface area (Å²) in [6.07, 6.45) is -3.52. The molecule has 10 heteroatoms. The number of aryl methyl sites for hydroxylation is 1. The van der Waals surface area contributed by atoms with E-state index in [0.29, 0.717) is 23.9 Å². The second-order valence-corrected chi connectivity index (χ2v) is 5.37. The summed E-state index contributed by atoms with van der Waals surface area (Å²) in [5.41, 5.74) is 1.24. The van der Waals surface area contributed by atoms with E-state index in [9.17, 15) is 22.0 Å². The average molecular weight is 358 g/mol. The molecule has 0 aliphatic carbocycles. The highest BCUT2D eigenvalue weighted by atomic mass is 19.4. The molecule has 0 spiro atoms. The maximum atomic E-state index is 13.7. The molecule has 0 saturated heterocycles. The van der Waals surface area contributed by atoms with Crippen molar-refractivity contribution in [2.45, 2.75) is 26.1 Å². The first kappa shape index (κ1) is 17.1. The van der Waals surface area contributed by atoms with E-state index in [-0.39, 0.29) is 11.4 Å². The van der Waals surface area contributed by atoms with E-state index in [1.807, 2.05) is 0 Å². The van der Waals surface area contributed by atoms with Crippen LogP contribution in [0.25, 0.3) is 16.9 Å². The number of hydrogen-bond acceptors (Lipinski definition) is 4. The summed E-state index contributed by atoms with van der Waals surface area (Å²) in [6, 6.07) is 4.96. The van der Waals surface area contributed by atoms with Gasteiger partial charge < -0.3 is 4.74 Å². The number of hydrogen-bond donors (Lipinski definition) is 0. The molecule has 0 fully saturated rings. The van der Waals surface area contributed by atoms with Crippen LogP contribution in [0.1, 0.15) is 18.4 Å². The van der Waals surface area contributed by atoms with Gasteiger partial charge in [0.15, 0.2) is 5.65 Å². The molecule has 3 aromatic rings. The summed E-state index contributed by atoms with van der Waals surface area (Å²) in [4.78, 5) is 4.15. The normalized spacial score (nSPS) is 12.6. The lowest BCUT2D eigenvalue weighted by atomic mass is 10.1. The van der Waals surface area contributed by atoms with E-state index < -0.39 is 18.1 Å². The smallest absolute Gasteiger partial charge is 0.406 e. The molecule has 0 amide bonds. The van der Waals surface area contributed by atoms with Crippen LogP contribution in [0.3, 0.4) is 0 Å². The van der Waals surface area contributed by atoms with Gasteiger partial charge in [-0.25, -0.2) is 0 Å². The lowest BCUT2D eigenvalue weighted by Crippen LogP contribution is -2.17. The number of rotatable bonds is 3. The van der Waals surface area contributed by atoms with Crippen molar-refractivity contribution in [2.75, 3.05) is 0 Å². The van der Waals surface area contributed by atoms with Gasteiger partial charge in [-0.3, -0.25) is 9.38 Å². The predicted molar refractivity (Wildman–Crippen MR) is 77.2 cm³/mol. The van der Waals surface area contributed by atoms with E-state index in [1.54, 1.807) is 6.92 Å². The monoisotopic (exact) mass is 358 g/mol. The van der Waals surface area contributed by atoms with E-state index in [4.69, 9.17) is 0 Å². The number of halogens is 5. The van der Waals surface area contributed by atoms with Crippen molar-refractivity contribution in [1.29, 1.82) is 0 Å². The number of benzene rings is 1. The van der Waals surface area contributed by atoms with Crippen LogP contribution in [-0.2, 0) is 5.92 Å². The molecule has 0 atom stereocenters. The quantitative estimate of drug-likeness (QED) is 0.661. The maximum absolute atomic E-state index is 13.7. The Bertz CT molecular complexity index is 913. The Morgan fingerprint density at radius 2 is 1.64 bits per heavy atom. The Hall–Kier alpha value is -2.78. The first-order valence-electron chi connectivity index (χ1n) is 7.01. The van der Waals surface area contributed by atoms with Gasteiger partial charge in [0.2, 0.25) is 5.82 Å². The van der Waals surface area contributed by atoms with Crippen LogP contribution in [0.5, 0.6) is 5.75 Å². The third-order valence-corrected chi connectivity index (χ3v) is 3.43. The zero-order valence-corrected chi connectivity index (χ0v) is 13.0. The molecule has 0 aliphatic rings. The molecule has 2 heterocycles. The van der Waals surface area contributed by atoms with Crippen molar-refractivity contribution in [2.24, 2.45) is 0 Å².